The molecule has 98 valence electrons. The fourth-order valence-electron chi connectivity index (χ4n) is 2.29. The van der Waals surface area contributed by atoms with Crippen LogP contribution in [0, 0.1) is 6.92 Å². The van der Waals surface area contributed by atoms with E-state index in [9.17, 15) is 0 Å². The van der Waals surface area contributed by atoms with Gasteiger partial charge in [0.05, 0.1) is 13.2 Å². The van der Waals surface area contributed by atoms with Crippen LogP contribution in [0.2, 0.25) is 0 Å². The van der Waals surface area contributed by atoms with Crippen molar-refractivity contribution in [3.05, 3.63) is 29.3 Å². The van der Waals surface area contributed by atoms with E-state index in [4.69, 9.17) is 9.47 Å². The maximum Gasteiger partial charge on any atom is 0.124 e. The average Bonchev–Trinajstić information content (AvgIpc) is 3.06. The van der Waals surface area contributed by atoms with E-state index >= 15 is 0 Å². The van der Waals surface area contributed by atoms with Crippen molar-refractivity contribution >= 4 is 0 Å². The molecular formula is C15H21NO2. The Bertz CT molecular complexity index is 409. The largest absolute Gasteiger partial charge is 0.488 e. The Labute approximate surface area is 108 Å². The maximum absolute atomic E-state index is 6.05. The molecule has 1 N–H and O–H groups in total. The van der Waals surface area contributed by atoms with Gasteiger partial charge in [0.25, 0.3) is 0 Å². The van der Waals surface area contributed by atoms with Gasteiger partial charge in [-0.2, -0.15) is 0 Å². The van der Waals surface area contributed by atoms with Crippen LogP contribution in [-0.4, -0.2) is 25.4 Å². The predicted octanol–water partition coefficient (Wildman–Crippen LogP) is 2.41. The van der Waals surface area contributed by atoms with Crippen LogP contribution in [0.3, 0.4) is 0 Å². The number of benzene rings is 1. The summed E-state index contributed by atoms with van der Waals surface area (Å²) < 4.78 is 11.4. The smallest absolute Gasteiger partial charge is 0.124 e. The minimum Gasteiger partial charge on any atom is -0.488 e. The molecule has 3 nitrogen and oxygen atoms in total. The first-order valence-corrected chi connectivity index (χ1v) is 6.88. The summed E-state index contributed by atoms with van der Waals surface area (Å²) in [7, 11) is 0. The zero-order valence-corrected chi connectivity index (χ0v) is 10.9. The molecule has 18 heavy (non-hydrogen) atoms. The number of nitrogens with one attached hydrogen (secondary N) is 1. The molecule has 0 bridgehead atoms. The molecule has 3 heteroatoms. The number of aryl methyl sites for hydroxylation is 1. The molecule has 0 radical (unpaired) electrons. The summed E-state index contributed by atoms with van der Waals surface area (Å²) in [5, 5.41) is 3.55. The van der Waals surface area contributed by atoms with E-state index in [-0.39, 0.29) is 6.10 Å². The van der Waals surface area contributed by atoms with Crippen molar-refractivity contribution in [2.45, 2.75) is 44.9 Å². The highest BCUT2D eigenvalue weighted by Crippen LogP contribution is 2.25. The molecule has 1 aromatic rings. The van der Waals surface area contributed by atoms with Gasteiger partial charge in [-0.3, -0.25) is 0 Å². The quantitative estimate of drug-likeness (QED) is 0.866. The fourth-order valence-corrected chi connectivity index (χ4v) is 2.29. The predicted molar refractivity (Wildman–Crippen MR) is 70.9 cm³/mol. The number of hydrogen-bond donors (Lipinski definition) is 1. The second kappa shape index (κ2) is 5.29. The summed E-state index contributed by atoms with van der Waals surface area (Å²) in [6.45, 7) is 4.59. The fraction of sp³-hybridized carbons (Fsp3) is 0.600. The molecular weight excluding hydrogens is 226 g/mol. The second-order valence-electron chi connectivity index (χ2n) is 5.37. The number of hydrogen-bond acceptors (Lipinski definition) is 3. The minimum absolute atomic E-state index is 0.229. The van der Waals surface area contributed by atoms with Crippen molar-refractivity contribution in [3.63, 3.8) is 0 Å². The highest BCUT2D eigenvalue weighted by Gasteiger charge is 2.22. The molecule has 1 saturated heterocycles. The number of rotatable bonds is 5. The Morgan fingerprint density at radius 2 is 2.22 bits per heavy atom. The van der Waals surface area contributed by atoms with E-state index in [2.05, 4.69) is 30.4 Å². The van der Waals surface area contributed by atoms with Gasteiger partial charge >= 0.3 is 0 Å². The standard InChI is InChI=1S/C15H21NO2/c1-11-2-5-15(18-14-6-7-17-10-14)12(8-11)9-16-13-3-4-13/h2,5,8,13-14,16H,3-4,6-7,9-10H2,1H3. The molecule has 3 rings (SSSR count). The van der Waals surface area contributed by atoms with E-state index in [0.29, 0.717) is 0 Å². The van der Waals surface area contributed by atoms with Crippen LogP contribution in [-0.2, 0) is 11.3 Å². The Kier molecular flexibility index (Phi) is 3.52. The van der Waals surface area contributed by atoms with Gasteiger partial charge in [0, 0.05) is 24.6 Å². The first-order chi connectivity index (χ1) is 8.81. The summed E-state index contributed by atoms with van der Waals surface area (Å²) in [5.74, 6) is 1.02. The number of ether oxygens (including phenoxy) is 2. The molecule has 1 aliphatic heterocycles. The van der Waals surface area contributed by atoms with Gasteiger partial charge in [0.15, 0.2) is 0 Å². The maximum atomic E-state index is 6.05. The van der Waals surface area contributed by atoms with E-state index in [0.717, 1.165) is 38.0 Å². The Morgan fingerprint density at radius 3 is 2.94 bits per heavy atom. The molecule has 1 atom stereocenters. The molecule has 1 aromatic carbocycles. The van der Waals surface area contributed by atoms with E-state index < -0.39 is 0 Å². The summed E-state index contributed by atoms with van der Waals surface area (Å²) in [5.41, 5.74) is 2.56. The summed E-state index contributed by atoms with van der Waals surface area (Å²) >= 11 is 0. The lowest BCUT2D eigenvalue weighted by atomic mass is 10.1. The summed E-state index contributed by atoms with van der Waals surface area (Å²) in [6, 6.07) is 7.16. The lowest BCUT2D eigenvalue weighted by Crippen LogP contribution is -2.20. The molecule has 2 fully saturated rings. The topological polar surface area (TPSA) is 30.5 Å². The van der Waals surface area contributed by atoms with Crippen LogP contribution in [0.25, 0.3) is 0 Å². The van der Waals surface area contributed by atoms with Crippen LogP contribution < -0.4 is 10.1 Å². The Morgan fingerprint density at radius 1 is 1.33 bits per heavy atom. The SMILES string of the molecule is Cc1ccc(OC2CCOC2)c(CNC2CC2)c1. The first kappa shape index (κ1) is 12.0. The van der Waals surface area contributed by atoms with Gasteiger partial charge in [-0.1, -0.05) is 17.7 Å². The molecule has 0 spiro atoms. The van der Waals surface area contributed by atoms with Gasteiger partial charge in [-0.15, -0.1) is 0 Å². The van der Waals surface area contributed by atoms with Gasteiger partial charge in [-0.05, 0) is 25.8 Å². The molecule has 0 aromatic heterocycles. The van der Waals surface area contributed by atoms with Gasteiger partial charge in [-0.25, -0.2) is 0 Å². The molecule has 1 saturated carbocycles. The molecule has 0 amide bonds. The van der Waals surface area contributed by atoms with Crippen LogP contribution >= 0.6 is 0 Å². The molecule has 1 aliphatic carbocycles. The van der Waals surface area contributed by atoms with Crippen molar-refractivity contribution < 1.29 is 9.47 Å². The third-order valence-corrected chi connectivity index (χ3v) is 3.56. The molecule has 1 unspecified atom stereocenters. The summed E-state index contributed by atoms with van der Waals surface area (Å²) in [6.07, 6.45) is 3.87. The molecule has 2 aliphatic rings. The van der Waals surface area contributed by atoms with Gasteiger partial charge < -0.3 is 14.8 Å². The van der Waals surface area contributed by atoms with Crippen molar-refractivity contribution in [1.29, 1.82) is 0 Å². The highest BCUT2D eigenvalue weighted by atomic mass is 16.5. The van der Waals surface area contributed by atoms with Crippen molar-refractivity contribution in [2.75, 3.05) is 13.2 Å². The van der Waals surface area contributed by atoms with Crippen LogP contribution in [0.15, 0.2) is 18.2 Å². The minimum atomic E-state index is 0.229. The van der Waals surface area contributed by atoms with Crippen molar-refractivity contribution in [2.24, 2.45) is 0 Å². The zero-order valence-electron chi connectivity index (χ0n) is 10.9. The van der Waals surface area contributed by atoms with Crippen LogP contribution in [0.5, 0.6) is 5.75 Å². The lowest BCUT2D eigenvalue weighted by molar-refractivity contribution is 0.140. The van der Waals surface area contributed by atoms with Crippen LogP contribution in [0.1, 0.15) is 30.4 Å². The molecule has 1 heterocycles. The Hall–Kier alpha value is -1.06. The monoisotopic (exact) mass is 247 g/mol. The van der Waals surface area contributed by atoms with E-state index in [1.165, 1.54) is 24.0 Å². The third kappa shape index (κ3) is 3.03. The van der Waals surface area contributed by atoms with E-state index in [1.54, 1.807) is 0 Å². The zero-order chi connectivity index (χ0) is 12.4. The van der Waals surface area contributed by atoms with Crippen LogP contribution in [0.4, 0.5) is 0 Å². The van der Waals surface area contributed by atoms with E-state index in [1.807, 2.05) is 0 Å². The lowest BCUT2D eigenvalue weighted by Gasteiger charge is -2.16. The highest BCUT2D eigenvalue weighted by molar-refractivity contribution is 5.37. The van der Waals surface area contributed by atoms with Gasteiger partial charge in [0.2, 0.25) is 0 Å². The van der Waals surface area contributed by atoms with Gasteiger partial charge in [0.1, 0.15) is 11.9 Å². The summed E-state index contributed by atoms with van der Waals surface area (Å²) in [4.78, 5) is 0. The first-order valence-electron chi connectivity index (χ1n) is 6.88. The average molecular weight is 247 g/mol. The second-order valence-corrected chi connectivity index (χ2v) is 5.37. The van der Waals surface area contributed by atoms with Crippen molar-refractivity contribution in [3.8, 4) is 5.75 Å². The Balaban J connectivity index is 1.69. The third-order valence-electron chi connectivity index (χ3n) is 3.56. The van der Waals surface area contributed by atoms with Crippen molar-refractivity contribution in [1.82, 2.24) is 5.32 Å². The normalized spacial score (nSPS) is 23.3.